The monoisotopic (exact) mass is 448 g/mol. The van der Waals surface area contributed by atoms with E-state index in [4.69, 9.17) is 0 Å². The zero-order valence-corrected chi connectivity index (χ0v) is 19.3. The van der Waals surface area contributed by atoms with E-state index >= 15 is 0 Å². The lowest BCUT2D eigenvalue weighted by atomic mass is 9.89. The predicted molar refractivity (Wildman–Crippen MR) is 128 cm³/mol. The van der Waals surface area contributed by atoms with Gasteiger partial charge in [-0.3, -0.25) is 14.6 Å². The molecule has 7 heteroatoms. The first kappa shape index (κ1) is 21.1. The third-order valence-electron chi connectivity index (χ3n) is 6.67. The van der Waals surface area contributed by atoms with E-state index in [0.29, 0.717) is 18.2 Å². The maximum Gasteiger partial charge on any atom is 0.246 e. The molecule has 1 N–H and O–H groups in total. The van der Waals surface area contributed by atoms with Crippen molar-refractivity contribution in [3.05, 3.63) is 54.0 Å². The number of likely N-dealkylation sites (tertiary alicyclic amines) is 1. The van der Waals surface area contributed by atoms with Gasteiger partial charge in [0, 0.05) is 66.2 Å². The number of nitrogens with zero attached hydrogens (tertiary/aromatic N) is 3. The number of amides is 2. The summed E-state index contributed by atoms with van der Waals surface area (Å²) in [6.07, 6.45) is 5.65. The Kier molecular flexibility index (Phi) is 5.67. The lowest BCUT2D eigenvalue weighted by Gasteiger charge is -2.36. The van der Waals surface area contributed by atoms with E-state index in [1.165, 1.54) is 22.2 Å². The molecule has 2 aliphatic heterocycles. The van der Waals surface area contributed by atoms with Crippen molar-refractivity contribution < 1.29 is 9.59 Å². The van der Waals surface area contributed by atoms with Gasteiger partial charge >= 0.3 is 0 Å². The Morgan fingerprint density at radius 2 is 2.00 bits per heavy atom. The van der Waals surface area contributed by atoms with Crippen molar-refractivity contribution in [3.8, 4) is 11.1 Å². The van der Waals surface area contributed by atoms with Crippen molar-refractivity contribution in [2.24, 2.45) is 0 Å². The Morgan fingerprint density at radius 1 is 1.19 bits per heavy atom. The van der Waals surface area contributed by atoms with Gasteiger partial charge in [-0.05, 0) is 49.6 Å². The number of carbonyl (C=O) groups is 2. The molecule has 0 radical (unpaired) electrons. The maximum absolute atomic E-state index is 13.4. The molecule has 0 bridgehead atoms. The fraction of sp³-hybridized carbons (Fsp3) is 0.400. The summed E-state index contributed by atoms with van der Waals surface area (Å²) >= 11 is 1.66. The van der Waals surface area contributed by atoms with E-state index in [2.05, 4.69) is 47.2 Å². The van der Waals surface area contributed by atoms with Crippen LogP contribution in [0.1, 0.15) is 36.9 Å². The predicted octanol–water partition coefficient (Wildman–Crippen LogP) is 4.17. The van der Waals surface area contributed by atoms with Crippen molar-refractivity contribution in [2.45, 2.75) is 38.6 Å². The number of hydrogen-bond acceptors (Lipinski definition) is 4. The highest BCUT2D eigenvalue weighted by molar-refractivity contribution is 7.99. The second-order valence-electron chi connectivity index (χ2n) is 8.83. The van der Waals surface area contributed by atoms with Crippen molar-refractivity contribution in [1.82, 2.24) is 19.8 Å². The van der Waals surface area contributed by atoms with Crippen molar-refractivity contribution >= 4 is 34.5 Å². The number of rotatable bonds is 3. The molecule has 0 unspecified atom stereocenters. The standard InChI is InChI=1S/C25H28N4O2S/c1-16-5-6-21-20(12-16)23(18-7-9-26-10-8-18)24(27-21)19-4-3-11-28(13-19)25(31)22-14-32-15-29(22)17(2)30/h5-10,12,19,22,27H,3-4,11,13-15H2,1-2H3/t19-,22+/m1/s1. The van der Waals surface area contributed by atoms with E-state index in [1.807, 2.05) is 17.3 Å². The number of H-pyrrole nitrogens is 1. The van der Waals surface area contributed by atoms with Crippen LogP contribution in [-0.4, -0.2) is 62.3 Å². The van der Waals surface area contributed by atoms with Gasteiger partial charge in [-0.2, -0.15) is 0 Å². The second kappa shape index (κ2) is 8.62. The smallest absolute Gasteiger partial charge is 0.246 e. The maximum atomic E-state index is 13.4. The number of carbonyl (C=O) groups excluding carboxylic acids is 2. The molecule has 1 aromatic carbocycles. The lowest BCUT2D eigenvalue weighted by molar-refractivity contribution is -0.143. The third-order valence-corrected chi connectivity index (χ3v) is 7.68. The highest BCUT2D eigenvalue weighted by atomic mass is 32.2. The molecule has 0 saturated carbocycles. The summed E-state index contributed by atoms with van der Waals surface area (Å²) in [6.45, 7) is 5.10. The topological polar surface area (TPSA) is 69.3 Å². The molecule has 3 aromatic rings. The van der Waals surface area contributed by atoms with E-state index in [1.54, 1.807) is 23.6 Å². The molecule has 6 nitrogen and oxygen atoms in total. The average molecular weight is 449 g/mol. The van der Waals surface area contributed by atoms with Crippen LogP contribution in [0.2, 0.25) is 0 Å². The number of aryl methyl sites for hydroxylation is 1. The molecule has 0 aliphatic carbocycles. The molecule has 166 valence electrons. The fourth-order valence-electron chi connectivity index (χ4n) is 5.04. The zero-order valence-electron chi connectivity index (χ0n) is 18.5. The molecular formula is C25H28N4O2S. The van der Waals surface area contributed by atoms with Crippen LogP contribution in [0, 0.1) is 6.92 Å². The summed E-state index contributed by atoms with van der Waals surface area (Å²) in [5.74, 6) is 1.59. The van der Waals surface area contributed by atoms with Crippen LogP contribution < -0.4 is 0 Å². The quantitative estimate of drug-likeness (QED) is 0.653. The molecule has 32 heavy (non-hydrogen) atoms. The Balaban J connectivity index is 1.49. The molecule has 2 aliphatic rings. The van der Waals surface area contributed by atoms with Gasteiger partial charge in [0.2, 0.25) is 11.8 Å². The second-order valence-corrected chi connectivity index (χ2v) is 9.83. The molecule has 2 saturated heterocycles. The minimum Gasteiger partial charge on any atom is -0.358 e. The Morgan fingerprint density at radius 3 is 2.78 bits per heavy atom. The van der Waals surface area contributed by atoms with Crippen LogP contribution >= 0.6 is 11.8 Å². The van der Waals surface area contributed by atoms with Crippen LogP contribution in [0.4, 0.5) is 0 Å². The fourth-order valence-corrected chi connectivity index (χ4v) is 6.25. The molecule has 2 aromatic heterocycles. The number of thioether (sulfide) groups is 1. The van der Waals surface area contributed by atoms with Gasteiger partial charge in [-0.15, -0.1) is 11.8 Å². The van der Waals surface area contributed by atoms with Crippen LogP contribution in [0.25, 0.3) is 22.0 Å². The van der Waals surface area contributed by atoms with Crippen molar-refractivity contribution in [1.29, 1.82) is 0 Å². The number of aromatic amines is 1. The summed E-state index contributed by atoms with van der Waals surface area (Å²) in [7, 11) is 0. The average Bonchev–Trinajstić information content (AvgIpc) is 3.44. The van der Waals surface area contributed by atoms with Gasteiger partial charge in [-0.25, -0.2) is 0 Å². The highest BCUT2D eigenvalue weighted by Crippen LogP contribution is 2.39. The van der Waals surface area contributed by atoms with Gasteiger partial charge in [0.15, 0.2) is 0 Å². The van der Waals surface area contributed by atoms with Crippen LogP contribution in [0.5, 0.6) is 0 Å². The number of pyridine rings is 1. The zero-order chi connectivity index (χ0) is 22.2. The Bertz CT molecular complexity index is 1160. The SMILES string of the molecule is CC(=O)N1CSC[C@H]1C(=O)N1CCC[C@@H](c2[nH]c3ccc(C)cc3c2-c2ccncc2)C1. The lowest BCUT2D eigenvalue weighted by Crippen LogP contribution is -2.50. The number of aromatic nitrogens is 2. The van der Waals surface area contributed by atoms with Gasteiger partial charge in [0.25, 0.3) is 0 Å². The molecular weight excluding hydrogens is 420 g/mol. The van der Waals surface area contributed by atoms with Crippen LogP contribution in [-0.2, 0) is 9.59 Å². The first-order valence-electron chi connectivity index (χ1n) is 11.2. The molecule has 2 fully saturated rings. The van der Waals surface area contributed by atoms with Gasteiger partial charge < -0.3 is 14.8 Å². The Labute approximate surface area is 192 Å². The largest absolute Gasteiger partial charge is 0.358 e. The summed E-state index contributed by atoms with van der Waals surface area (Å²) < 4.78 is 0. The van der Waals surface area contributed by atoms with Crippen LogP contribution in [0.15, 0.2) is 42.7 Å². The van der Waals surface area contributed by atoms with Crippen LogP contribution in [0.3, 0.4) is 0 Å². The normalized spacial score (nSPS) is 21.3. The molecule has 2 atom stereocenters. The van der Waals surface area contributed by atoms with E-state index in [9.17, 15) is 9.59 Å². The summed E-state index contributed by atoms with van der Waals surface area (Å²) in [4.78, 5) is 36.9. The van der Waals surface area contributed by atoms with Crippen molar-refractivity contribution in [2.75, 3.05) is 24.7 Å². The molecule has 2 amide bonds. The highest BCUT2D eigenvalue weighted by Gasteiger charge is 2.38. The van der Waals surface area contributed by atoms with Gasteiger partial charge in [-0.1, -0.05) is 11.6 Å². The first-order valence-corrected chi connectivity index (χ1v) is 12.3. The van der Waals surface area contributed by atoms with Gasteiger partial charge in [0.05, 0.1) is 5.88 Å². The Hall–Kier alpha value is -2.80. The first-order chi connectivity index (χ1) is 15.5. The van der Waals surface area contributed by atoms with E-state index < -0.39 is 0 Å². The number of fused-ring (bicyclic) bond motifs is 1. The molecule has 5 rings (SSSR count). The van der Waals surface area contributed by atoms with Crippen molar-refractivity contribution in [3.63, 3.8) is 0 Å². The molecule has 4 heterocycles. The van der Waals surface area contributed by atoms with E-state index in [0.717, 1.165) is 30.5 Å². The summed E-state index contributed by atoms with van der Waals surface area (Å²) in [5, 5.41) is 1.21. The summed E-state index contributed by atoms with van der Waals surface area (Å²) in [5.41, 5.74) is 5.90. The van der Waals surface area contributed by atoms with Gasteiger partial charge in [0.1, 0.15) is 6.04 Å². The number of hydrogen-bond donors (Lipinski definition) is 1. The summed E-state index contributed by atoms with van der Waals surface area (Å²) in [6, 6.07) is 10.3. The number of piperidine rings is 1. The third kappa shape index (κ3) is 3.79. The molecule has 0 spiro atoms. The number of nitrogens with one attached hydrogen (secondary N) is 1. The minimum atomic E-state index is -0.332. The van der Waals surface area contributed by atoms with E-state index in [-0.39, 0.29) is 23.8 Å². The number of benzene rings is 1. The minimum absolute atomic E-state index is 0.0205.